The third-order valence-electron chi connectivity index (χ3n) is 7.79. The molecule has 6 aromatic rings. The Balaban J connectivity index is 1.29. The van der Waals surface area contributed by atoms with Crippen LogP contribution in [0.4, 0.5) is 47.3 Å². The number of rotatable bonds is 9. The largest absolute Gasteiger partial charge is 0.454 e. The molecule has 4 nitrogen and oxygen atoms in total. The molecular weight excluding hydrogens is 597 g/mol. The summed E-state index contributed by atoms with van der Waals surface area (Å²) in [6, 6.07) is 48.6. The van der Waals surface area contributed by atoms with Crippen LogP contribution in [-0.2, 0) is 0 Å². The van der Waals surface area contributed by atoms with Crippen molar-refractivity contribution < 1.29 is 22.8 Å². The molecular formula is C40H29F3N2O2. The Kier molecular flexibility index (Phi) is 8.71. The van der Waals surface area contributed by atoms with Gasteiger partial charge in [0.15, 0.2) is 5.78 Å². The number of anilines is 6. The lowest BCUT2D eigenvalue weighted by atomic mass is 10.0. The average molecular weight is 627 g/mol. The normalized spacial score (nSPS) is 11.1. The van der Waals surface area contributed by atoms with E-state index in [4.69, 9.17) is 0 Å². The number of alkyl halides is 3. The van der Waals surface area contributed by atoms with Crippen LogP contribution in [0.1, 0.15) is 27.6 Å². The molecule has 0 aliphatic rings. The summed E-state index contributed by atoms with van der Waals surface area (Å²) in [6.45, 7) is 1.55. The molecule has 6 aromatic carbocycles. The van der Waals surface area contributed by atoms with E-state index in [0.29, 0.717) is 11.3 Å². The molecule has 0 saturated carbocycles. The molecule has 0 aromatic heterocycles. The predicted octanol–water partition coefficient (Wildman–Crippen LogP) is 11.2. The van der Waals surface area contributed by atoms with Gasteiger partial charge in [-0.3, -0.25) is 9.59 Å². The lowest BCUT2D eigenvalue weighted by molar-refractivity contribution is -0.0885. The van der Waals surface area contributed by atoms with Crippen LogP contribution in [0.5, 0.6) is 0 Å². The summed E-state index contributed by atoms with van der Waals surface area (Å²) in [5, 5.41) is 0. The van der Waals surface area contributed by atoms with Crippen LogP contribution in [0.3, 0.4) is 0 Å². The van der Waals surface area contributed by atoms with Gasteiger partial charge >= 0.3 is 6.18 Å². The first-order valence-electron chi connectivity index (χ1n) is 14.9. The van der Waals surface area contributed by atoms with E-state index < -0.39 is 17.5 Å². The van der Waals surface area contributed by atoms with Crippen LogP contribution in [0.2, 0.25) is 0 Å². The summed E-state index contributed by atoms with van der Waals surface area (Å²) in [5.41, 5.74) is 7.32. The SMILES string of the molecule is CC(=O)c1ccc(N(c2ccccc2)c2ccc(-c3ccc(N(c4ccccc4)c4ccc(C(=O)C(F)(F)F)cc4)cc3)cc2)cc1. The average Bonchev–Trinajstić information content (AvgIpc) is 3.10. The molecule has 0 aliphatic carbocycles. The second kappa shape index (κ2) is 13.2. The Hall–Kier alpha value is -5.95. The van der Waals surface area contributed by atoms with Crippen molar-refractivity contribution in [2.45, 2.75) is 13.1 Å². The number of carbonyl (C=O) groups excluding carboxylic acids is 2. The fourth-order valence-corrected chi connectivity index (χ4v) is 5.43. The minimum atomic E-state index is -4.93. The number of para-hydroxylation sites is 2. The van der Waals surface area contributed by atoms with Crippen molar-refractivity contribution in [2.75, 3.05) is 9.80 Å². The molecule has 0 spiro atoms. The molecule has 0 saturated heterocycles. The van der Waals surface area contributed by atoms with Crippen molar-refractivity contribution in [1.29, 1.82) is 0 Å². The lowest BCUT2D eigenvalue weighted by Crippen LogP contribution is -2.22. The third-order valence-corrected chi connectivity index (χ3v) is 7.79. The standard InChI is InChI=1S/C40H29F3N2O2/c1-28(46)29-12-20-35(21-13-29)44(33-8-4-2-5-9-33)36-22-14-30(15-23-36)31-16-24-37(25-17-31)45(34-10-6-3-7-11-34)38-26-18-32(19-27-38)39(47)40(41,42)43/h2-27H,1H3. The van der Waals surface area contributed by atoms with Gasteiger partial charge in [0.1, 0.15) is 0 Å². The van der Waals surface area contributed by atoms with E-state index >= 15 is 0 Å². The van der Waals surface area contributed by atoms with Gasteiger partial charge in [-0.15, -0.1) is 0 Å². The Morgan fingerprint density at radius 2 is 0.723 bits per heavy atom. The smallest absolute Gasteiger partial charge is 0.311 e. The topological polar surface area (TPSA) is 40.6 Å². The molecule has 0 atom stereocenters. The molecule has 0 N–H and O–H groups in total. The maximum absolute atomic E-state index is 13.0. The van der Waals surface area contributed by atoms with Crippen molar-refractivity contribution >= 4 is 45.7 Å². The molecule has 0 unspecified atom stereocenters. The van der Waals surface area contributed by atoms with Crippen molar-refractivity contribution in [3.63, 3.8) is 0 Å². The number of halogens is 3. The summed E-state index contributed by atoms with van der Waals surface area (Å²) in [4.78, 5) is 27.6. The highest BCUT2D eigenvalue weighted by molar-refractivity contribution is 6.00. The summed E-state index contributed by atoms with van der Waals surface area (Å²) < 4.78 is 39.0. The van der Waals surface area contributed by atoms with Crippen LogP contribution in [0.15, 0.2) is 158 Å². The fourth-order valence-electron chi connectivity index (χ4n) is 5.43. The van der Waals surface area contributed by atoms with Gasteiger partial charge in [0.2, 0.25) is 0 Å². The van der Waals surface area contributed by atoms with Gasteiger partial charge in [-0.1, -0.05) is 60.7 Å². The van der Waals surface area contributed by atoms with Gasteiger partial charge in [0, 0.05) is 45.3 Å². The van der Waals surface area contributed by atoms with Gasteiger partial charge in [0.25, 0.3) is 5.78 Å². The summed E-state index contributed by atoms with van der Waals surface area (Å²) in [6.07, 6.45) is -4.93. The van der Waals surface area contributed by atoms with Crippen LogP contribution in [-0.4, -0.2) is 17.7 Å². The maximum atomic E-state index is 13.0. The van der Waals surface area contributed by atoms with Gasteiger partial charge in [0.05, 0.1) is 0 Å². The Bertz CT molecular complexity index is 1970. The number of carbonyl (C=O) groups is 2. The zero-order valence-corrected chi connectivity index (χ0v) is 25.4. The monoisotopic (exact) mass is 626 g/mol. The Labute approximate surface area is 271 Å². The molecule has 0 amide bonds. The second-order valence-corrected chi connectivity index (χ2v) is 10.9. The van der Waals surface area contributed by atoms with E-state index in [1.807, 2.05) is 114 Å². The molecule has 0 radical (unpaired) electrons. The van der Waals surface area contributed by atoms with Crippen molar-refractivity contribution in [3.8, 4) is 11.1 Å². The number of hydrogen-bond acceptors (Lipinski definition) is 4. The quantitative estimate of drug-likeness (QED) is 0.150. The first-order chi connectivity index (χ1) is 22.7. The van der Waals surface area contributed by atoms with E-state index in [-0.39, 0.29) is 5.78 Å². The Morgan fingerprint density at radius 1 is 0.426 bits per heavy atom. The molecule has 7 heteroatoms. The molecule has 0 aliphatic heterocycles. The maximum Gasteiger partial charge on any atom is 0.454 e. The van der Waals surface area contributed by atoms with Crippen molar-refractivity contribution in [2.24, 2.45) is 0 Å². The first-order valence-corrected chi connectivity index (χ1v) is 14.9. The molecule has 0 bridgehead atoms. The lowest BCUT2D eigenvalue weighted by Gasteiger charge is -2.26. The third kappa shape index (κ3) is 6.84. The summed E-state index contributed by atoms with van der Waals surface area (Å²) in [7, 11) is 0. The summed E-state index contributed by atoms with van der Waals surface area (Å²) >= 11 is 0. The van der Waals surface area contributed by atoms with E-state index in [0.717, 1.165) is 39.6 Å². The molecule has 0 heterocycles. The number of hydrogen-bond donors (Lipinski definition) is 0. The zero-order chi connectivity index (χ0) is 33.0. The number of ketones is 2. The van der Waals surface area contributed by atoms with Crippen LogP contribution < -0.4 is 9.80 Å². The highest BCUT2D eigenvalue weighted by Crippen LogP contribution is 2.38. The number of benzene rings is 6. The van der Waals surface area contributed by atoms with Crippen molar-refractivity contribution in [1.82, 2.24) is 0 Å². The fraction of sp³-hybridized carbons (Fsp3) is 0.0500. The van der Waals surface area contributed by atoms with Gasteiger partial charge in [-0.25, -0.2) is 0 Å². The van der Waals surface area contributed by atoms with Gasteiger partial charge in [-0.2, -0.15) is 13.2 Å². The van der Waals surface area contributed by atoms with Crippen LogP contribution >= 0.6 is 0 Å². The van der Waals surface area contributed by atoms with Crippen molar-refractivity contribution in [3.05, 3.63) is 169 Å². The Morgan fingerprint density at radius 3 is 1.04 bits per heavy atom. The molecule has 232 valence electrons. The minimum Gasteiger partial charge on any atom is -0.311 e. The summed E-state index contributed by atoms with van der Waals surface area (Å²) in [5.74, 6) is -1.86. The van der Waals surface area contributed by atoms with Gasteiger partial charge in [-0.05, 0) is 115 Å². The van der Waals surface area contributed by atoms with Crippen LogP contribution in [0, 0.1) is 0 Å². The second-order valence-electron chi connectivity index (χ2n) is 10.9. The first kappa shape index (κ1) is 31.0. The molecule has 47 heavy (non-hydrogen) atoms. The van der Waals surface area contributed by atoms with E-state index in [9.17, 15) is 22.8 Å². The molecule has 0 fully saturated rings. The zero-order valence-electron chi connectivity index (χ0n) is 25.4. The van der Waals surface area contributed by atoms with E-state index in [2.05, 4.69) is 29.2 Å². The minimum absolute atomic E-state index is 0.0143. The van der Waals surface area contributed by atoms with E-state index in [1.54, 1.807) is 6.92 Å². The van der Waals surface area contributed by atoms with Gasteiger partial charge < -0.3 is 9.80 Å². The number of Topliss-reactive ketones (excluding diaryl/α,β-unsaturated/α-hetero) is 2. The highest BCUT2D eigenvalue weighted by Gasteiger charge is 2.39. The predicted molar refractivity (Wildman–Crippen MR) is 182 cm³/mol. The highest BCUT2D eigenvalue weighted by atomic mass is 19.4. The molecule has 6 rings (SSSR count). The number of nitrogens with zero attached hydrogens (tertiary/aromatic N) is 2. The van der Waals surface area contributed by atoms with Crippen LogP contribution in [0.25, 0.3) is 11.1 Å². The van der Waals surface area contributed by atoms with E-state index in [1.165, 1.54) is 24.3 Å².